The normalized spacial score (nSPS) is 10.3. The lowest BCUT2D eigenvalue weighted by Crippen LogP contribution is -2.21. The number of pyridine rings is 1. The van der Waals surface area contributed by atoms with E-state index in [2.05, 4.69) is 32.9 Å². The van der Waals surface area contributed by atoms with Gasteiger partial charge in [0.2, 0.25) is 0 Å². The number of benzene rings is 1. The molecule has 0 fully saturated rings. The van der Waals surface area contributed by atoms with Crippen LogP contribution in [-0.4, -0.2) is 17.5 Å². The Morgan fingerprint density at radius 2 is 1.95 bits per heavy atom. The van der Waals surface area contributed by atoms with Crippen LogP contribution >= 0.6 is 22.6 Å². The number of rotatable bonds is 4. The minimum absolute atomic E-state index is 0.0321. The predicted octanol–water partition coefficient (Wildman–Crippen LogP) is 3.63. The van der Waals surface area contributed by atoms with Crippen molar-refractivity contribution in [1.29, 1.82) is 0 Å². The summed E-state index contributed by atoms with van der Waals surface area (Å²) < 4.78 is 6.53. The molecule has 4 nitrogen and oxygen atoms in total. The average molecular weight is 396 g/mol. The summed E-state index contributed by atoms with van der Waals surface area (Å²) >= 11 is 2.19. The van der Waals surface area contributed by atoms with Gasteiger partial charge in [-0.2, -0.15) is 0 Å². The second kappa shape index (κ2) is 6.89. The summed E-state index contributed by atoms with van der Waals surface area (Å²) in [7, 11) is 0. The Bertz CT molecular complexity index is 671. The second-order valence-corrected chi connectivity index (χ2v) is 6.15. The summed E-state index contributed by atoms with van der Waals surface area (Å²) in [4.78, 5) is 16.1. The summed E-state index contributed by atoms with van der Waals surface area (Å²) in [6, 6.07) is 7.74. The fourth-order valence-corrected chi connectivity index (χ4v) is 2.40. The van der Waals surface area contributed by atoms with E-state index in [0.29, 0.717) is 11.6 Å². The lowest BCUT2D eigenvalue weighted by molar-refractivity contribution is -0.118. The third kappa shape index (κ3) is 4.42. The molecule has 2 rings (SSSR count). The molecule has 21 heavy (non-hydrogen) atoms. The summed E-state index contributed by atoms with van der Waals surface area (Å²) in [5.74, 6) is 1.05. The minimum Gasteiger partial charge on any atom is -0.484 e. The van der Waals surface area contributed by atoms with E-state index in [9.17, 15) is 4.79 Å². The van der Waals surface area contributed by atoms with Crippen molar-refractivity contribution in [2.24, 2.45) is 0 Å². The number of nitrogens with zero attached hydrogens (tertiary/aromatic N) is 1. The average Bonchev–Trinajstić information content (AvgIpc) is 2.43. The van der Waals surface area contributed by atoms with Crippen LogP contribution in [0.25, 0.3) is 0 Å². The highest BCUT2D eigenvalue weighted by Gasteiger charge is 2.07. The molecular weight excluding hydrogens is 379 g/mol. The second-order valence-electron chi connectivity index (χ2n) is 4.90. The van der Waals surface area contributed by atoms with Crippen molar-refractivity contribution in [2.45, 2.75) is 20.8 Å². The number of hydrogen-bond acceptors (Lipinski definition) is 3. The smallest absolute Gasteiger partial charge is 0.263 e. The first-order chi connectivity index (χ1) is 9.95. The number of aromatic nitrogens is 1. The highest BCUT2D eigenvalue weighted by Crippen LogP contribution is 2.17. The number of amides is 1. The van der Waals surface area contributed by atoms with Gasteiger partial charge in [0.25, 0.3) is 5.91 Å². The molecule has 0 saturated heterocycles. The topological polar surface area (TPSA) is 51.2 Å². The molecule has 0 saturated carbocycles. The van der Waals surface area contributed by atoms with Gasteiger partial charge in [0.1, 0.15) is 11.6 Å². The van der Waals surface area contributed by atoms with Gasteiger partial charge in [-0.15, -0.1) is 0 Å². The van der Waals surface area contributed by atoms with Crippen LogP contribution in [0.2, 0.25) is 0 Å². The quantitative estimate of drug-likeness (QED) is 0.804. The van der Waals surface area contributed by atoms with Gasteiger partial charge >= 0.3 is 0 Å². The minimum atomic E-state index is -0.218. The number of halogens is 1. The van der Waals surface area contributed by atoms with E-state index in [-0.39, 0.29) is 12.5 Å². The maximum atomic E-state index is 11.9. The Morgan fingerprint density at radius 1 is 1.19 bits per heavy atom. The monoisotopic (exact) mass is 396 g/mol. The van der Waals surface area contributed by atoms with Gasteiger partial charge in [-0.1, -0.05) is 6.07 Å². The maximum absolute atomic E-state index is 11.9. The third-order valence-corrected chi connectivity index (χ3v) is 3.74. The van der Waals surface area contributed by atoms with E-state index in [1.807, 2.05) is 45.0 Å². The molecule has 0 radical (unpaired) electrons. The summed E-state index contributed by atoms with van der Waals surface area (Å²) in [5.41, 5.74) is 3.27. The number of hydrogen-bond donors (Lipinski definition) is 1. The number of ether oxygens (including phenoxy) is 1. The molecule has 0 aliphatic heterocycles. The fourth-order valence-electron chi connectivity index (χ4n) is 1.79. The SMILES string of the molecule is Cc1ccc(OCC(=O)Nc2ncc(I)cc2C)cc1C. The van der Waals surface area contributed by atoms with Crippen molar-refractivity contribution in [3.05, 3.63) is 50.7 Å². The highest BCUT2D eigenvalue weighted by atomic mass is 127. The Morgan fingerprint density at radius 3 is 2.62 bits per heavy atom. The van der Waals surface area contributed by atoms with Crippen LogP contribution in [0, 0.1) is 24.3 Å². The van der Waals surface area contributed by atoms with E-state index in [1.165, 1.54) is 5.56 Å². The lowest BCUT2D eigenvalue weighted by atomic mass is 10.1. The molecule has 1 aromatic carbocycles. The van der Waals surface area contributed by atoms with Gasteiger partial charge < -0.3 is 10.1 Å². The number of carbonyl (C=O) groups is 1. The Balaban J connectivity index is 1.94. The number of aryl methyl sites for hydroxylation is 3. The molecule has 110 valence electrons. The zero-order chi connectivity index (χ0) is 15.4. The number of anilines is 1. The fraction of sp³-hybridized carbons (Fsp3) is 0.250. The van der Waals surface area contributed by atoms with Crippen LogP contribution in [0.3, 0.4) is 0 Å². The van der Waals surface area contributed by atoms with E-state index in [1.54, 1.807) is 6.20 Å². The van der Waals surface area contributed by atoms with Gasteiger partial charge in [-0.3, -0.25) is 4.79 Å². The molecule has 0 bridgehead atoms. The van der Waals surface area contributed by atoms with Crippen molar-refractivity contribution < 1.29 is 9.53 Å². The molecule has 1 heterocycles. The number of nitrogens with one attached hydrogen (secondary N) is 1. The van der Waals surface area contributed by atoms with Crippen molar-refractivity contribution in [1.82, 2.24) is 4.98 Å². The van der Waals surface area contributed by atoms with Gasteiger partial charge in [-0.05, 0) is 78.3 Å². The van der Waals surface area contributed by atoms with Gasteiger partial charge in [0, 0.05) is 9.77 Å². The third-order valence-electron chi connectivity index (χ3n) is 3.15. The maximum Gasteiger partial charge on any atom is 0.263 e. The van der Waals surface area contributed by atoms with E-state index < -0.39 is 0 Å². The first-order valence-corrected chi connectivity index (χ1v) is 7.65. The lowest BCUT2D eigenvalue weighted by Gasteiger charge is -2.10. The number of carbonyl (C=O) groups excluding carboxylic acids is 1. The zero-order valence-electron chi connectivity index (χ0n) is 12.2. The summed E-state index contributed by atoms with van der Waals surface area (Å²) in [6.45, 7) is 5.93. The van der Waals surface area contributed by atoms with E-state index in [0.717, 1.165) is 14.7 Å². The van der Waals surface area contributed by atoms with Crippen LogP contribution in [0.15, 0.2) is 30.5 Å². The molecule has 2 aromatic rings. The molecule has 0 spiro atoms. The van der Waals surface area contributed by atoms with E-state index in [4.69, 9.17) is 4.74 Å². The first kappa shape index (κ1) is 15.8. The van der Waals surface area contributed by atoms with Crippen LogP contribution in [0.5, 0.6) is 5.75 Å². The predicted molar refractivity (Wildman–Crippen MR) is 91.7 cm³/mol. The summed E-state index contributed by atoms with van der Waals surface area (Å²) in [5, 5.41) is 2.76. The molecular formula is C16H17IN2O2. The molecule has 0 aliphatic carbocycles. The van der Waals surface area contributed by atoms with Gasteiger partial charge in [-0.25, -0.2) is 4.98 Å². The van der Waals surface area contributed by atoms with Gasteiger partial charge in [0.05, 0.1) is 0 Å². The van der Waals surface area contributed by atoms with Crippen molar-refractivity contribution in [3.63, 3.8) is 0 Å². The van der Waals surface area contributed by atoms with Crippen LogP contribution in [0.4, 0.5) is 5.82 Å². The molecule has 1 amide bonds. The molecule has 1 aromatic heterocycles. The Labute approximate surface area is 138 Å². The first-order valence-electron chi connectivity index (χ1n) is 6.58. The van der Waals surface area contributed by atoms with Gasteiger partial charge in [0.15, 0.2) is 6.61 Å². The van der Waals surface area contributed by atoms with Crippen LogP contribution in [-0.2, 0) is 4.79 Å². The zero-order valence-corrected chi connectivity index (χ0v) is 14.4. The Hall–Kier alpha value is -1.63. The molecule has 1 N–H and O–H groups in total. The van der Waals surface area contributed by atoms with Crippen molar-refractivity contribution >= 4 is 34.3 Å². The molecule has 5 heteroatoms. The van der Waals surface area contributed by atoms with Crippen molar-refractivity contribution in [3.8, 4) is 5.75 Å². The highest BCUT2D eigenvalue weighted by molar-refractivity contribution is 14.1. The van der Waals surface area contributed by atoms with Crippen molar-refractivity contribution in [2.75, 3.05) is 11.9 Å². The molecule has 0 unspecified atom stereocenters. The van der Waals surface area contributed by atoms with E-state index >= 15 is 0 Å². The van der Waals surface area contributed by atoms with Crippen LogP contribution < -0.4 is 10.1 Å². The largest absolute Gasteiger partial charge is 0.484 e. The standard InChI is InChI=1S/C16H17IN2O2/c1-10-4-5-14(7-11(10)2)21-9-15(20)19-16-12(3)6-13(17)8-18-16/h4-8H,9H2,1-3H3,(H,18,19,20). The summed E-state index contributed by atoms with van der Waals surface area (Å²) in [6.07, 6.45) is 1.72. The Kier molecular flexibility index (Phi) is 5.17. The molecule has 0 aliphatic rings. The molecule has 0 atom stereocenters. The van der Waals surface area contributed by atoms with Crippen LogP contribution in [0.1, 0.15) is 16.7 Å².